The lowest BCUT2D eigenvalue weighted by Crippen LogP contribution is -2.24. The molecule has 7 heteroatoms. The molecule has 4 nitrogen and oxygen atoms in total. The van der Waals surface area contributed by atoms with E-state index >= 15 is 0 Å². The zero-order valence-corrected chi connectivity index (χ0v) is 14.9. The maximum absolute atomic E-state index is 12.6. The normalized spacial score (nSPS) is 17.0. The molecule has 0 spiro atoms. The van der Waals surface area contributed by atoms with Crippen LogP contribution in [0.3, 0.4) is 0 Å². The van der Waals surface area contributed by atoms with Gasteiger partial charge in [0.05, 0.1) is 24.0 Å². The average Bonchev–Trinajstić information content (AvgIpc) is 3.17. The highest BCUT2D eigenvalue weighted by atomic mass is 19.4. The first-order chi connectivity index (χ1) is 13.5. The Hall–Kier alpha value is -3.09. The Kier molecular flexibility index (Phi) is 4.90. The van der Waals surface area contributed by atoms with E-state index in [4.69, 9.17) is 4.74 Å². The topological polar surface area (TPSA) is 38.2 Å². The van der Waals surface area contributed by atoms with Gasteiger partial charge in [-0.25, -0.2) is 4.98 Å². The average molecular weight is 385 g/mol. The van der Waals surface area contributed by atoms with Crippen LogP contribution in [-0.2, 0) is 6.18 Å². The molecule has 1 aliphatic heterocycles. The van der Waals surface area contributed by atoms with Gasteiger partial charge in [-0.3, -0.25) is 4.98 Å². The van der Waals surface area contributed by atoms with E-state index in [-0.39, 0.29) is 12.0 Å². The van der Waals surface area contributed by atoms with Gasteiger partial charge in [0.2, 0.25) is 5.88 Å². The van der Waals surface area contributed by atoms with Crippen molar-refractivity contribution >= 4 is 5.69 Å². The van der Waals surface area contributed by atoms with Crippen molar-refractivity contribution in [2.45, 2.75) is 18.7 Å². The summed E-state index contributed by atoms with van der Waals surface area (Å²) in [6, 6.07) is 14.3. The molecule has 4 rings (SSSR count). The van der Waals surface area contributed by atoms with Gasteiger partial charge in [-0.1, -0.05) is 30.3 Å². The Morgan fingerprint density at radius 3 is 2.50 bits per heavy atom. The van der Waals surface area contributed by atoms with Crippen LogP contribution in [0.25, 0.3) is 11.1 Å². The molecule has 0 aliphatic carbocycles. The third-order valence-electron chi connectivity index (χ3n) is 4.69. The molecule has 1 atom stereocenters. The maximum atomic E-state index is 12.6. The highest BCUT2D eigenvalue weighted by molar-refractivity contribution is 5.67. The molecule has 0 radical (unpaired) electrons. The van der Waals surface area contributed by atoms with Crippen LogP contribution in [0.5, 0.6) is 5.88 Å². The number of hydrogen-bond acceptors (Lipinski definition) is 4. The van der Waals surface area contributed by atoms with Gasteiger partial charge in [-0.2, -0.15) is 13.2 Å². The van der Waals surface area contributed by atoms with Gasteiger partial charge in [0.25, 0.3) is 0 Å². The molecule has 1 aliphatic rings. The van der Waals surface area contributed by atoms with E-state index in [0.29, 0.717) is 6.54 Å². The largest absolute Gasteiger partial charge is 0.472 e. The number of pyridine rings is 2. The molecule has 1 unspecified atom stereocenters. The second-order valence-corrected chi connectivity index (χ2v) is 6.66. The minimum Gasteiger partial charge on any atom is -0.472 e. The van der Waals surface area contributed by atoms with Crippen molar-refractivity contribution < 1.29 is 17.9 Å². The van der Waals surface area contributed by atoms with E-state index in [2.05, 4.69) is 20.9 Å². The fourth-order valence-corrected chi connectivity index (χ4v) is 3.24. The summed E-state index contributed by atoms with van der Waals surface area (Å²) < 4.78 is 43.6. The van der Waals surface area contributed by atoms with Crippen LogP contribution in [0.4, 0.5) is 18.9 Å². The van der Waals surface area contributed by atoms with E-state index in [1.54, 1.807) is 0 Å². The Morgan fingerprint density at radius 2 is 1.79 bits per heavy atom. The fourth-order valence-electron chi connectivity index (χ4n) is 3.24. The van der Waals surface area contributed by atoms with Crippen molar-refractivity contribution in [2.75, 3.05) is 18.0 Å². The summed E-state index contributed by atoms with van der Waals surface area (Å²) in [6.07, 6.45) is 0.671. The Bertz CT molecular complexity index is 930. The van der Waals surface area contributed by atoms with Gasteiger partial charge in [0, 0.05) is 37.0 Å². The highest BCUT2D eigenvalue weighted by Crippen LogP contribution is 2.30. The van der Waals surface area contributed by atoms with E-state index in [1.165, 1.54) is 6.07 Å². The van der Waals surface area contributed by atoms with Crippen LogP contribution in [0.15, 0.2) is 67.1 Å². The number of ether oxygens (including phenoxy) is 1. The quantitative estimate of drug-likeness (QED) is 0.645. The smallest absolute Gasteiger partial charge is 0.417 e. The van der Waals surface area contributed by atoms with Gasteiger partial charge in [0.15, 0.2) is 0 Å². The summed E-state index contributed by atoms with van der Waals surface area (Å²) in [7, 11) is 0. The number of anilines is 1. The van der Waals surface area contributed by atoms with Crippen LogP contribution in [0, 0.1) is 0 Å². The number of halogens is 3. The Balaban J connectivity index is 1.42. The van der Waals surface area contributed by atoms with Crippen LogP contribution >= 0.6 is 0 Å². The predicted octanol–water partition coefficient (Wildman–Crippen LogP) is 4.82. The molecule has 0 saturated carbocycles. The molecule has 144 valence electrons. The number of rotatable bonds is 4. The molecule has 3 heterocycles. The van der Waals surface area contributed by atoms with Gasteiger partial charge >= 0.3 is 6.18 Å². The third-order valence-corrected chi connectivity index (χ3v) is 4.69. The second-order valence-electron chi connectivity index (χ2n) is 6.66. The van der Waals surface area contributed by atoms with Crippen molar-refractivity contribution in [3.63, 3.8) is 0 Å². The summed E-state index contributed by atoms with van der Waals surface area (Å²) in [5.41, 5.74) is 2.34. The van der Waals surface area contributed by atoms with Crippen molar-refractivity contribution in [1.82, 2.24) is 9.97 Å². The lowest BCUT2D eigenvalue weighted by molar-refractivity contribution is -0.137. The fraction of sp³-hybridized carbons (Fsp3) is 0.238. The summed E-state index contributed by atoms with van der Waals surface area (Å²) in [6.45, 7) is 1.41. The monoisotopic (exact) mass is 385 g/mol. The molecule has 1 aromatic carbocycles. The minimum atomic E-state index is -4.40. The molecule has 28 heavy (non-hydrogen) atoms. The van der Waals surface area contributed by atoms with Gasteiger partial charge in [-0.05, 0) is 17.7 Å². The first-order valence-electron chi connectivity index (χ1n) is 8.94. The molecule has 0 amide bonds. The molecule has 0 bridgehead atoms. The summed E-state index contributed by atoms with van der Waals surface area (Å²) in [4.78, 5) is 10.3. The van der Waals surface area contributed by atoms with Crippen molar-refractivity contribution in [3.05, 3.63) is 72.7 Å². The molecule has 2 aromatic heterocycles. The molecule has 1 fully saturated rings. The molecule has 3 aromatic rings. The van der Waals surface area contributed by atoms with Crippen LogP contribution in [0.2, 0.25) is 0 Å². The summed E-state index contributed by atoms with van der Waals surface area (Å²) in [5, 5.41) is 0. The van der Waals surface area contributed by atoms with E-state index in [9.17, 15) is 13.2 Å². The van der Waals surface area contributed by atoms with Gasteiger partial charge in [0.1, 0.15) is 6.10 Å². The van der Waals surface area contributed by atoms with Gasteiger partial charge < -0.3 is 9.64 Å². The molecule has 0 N–H and O–H groups in total. The first kappa shape index (κ1) is 18.3. The minimum absolute atomic E-state index is 0.135. The zero-order valence-electron chi connectivity index (χ0n) is 14.9. The van der Waals surface area contributed by atoms with Crippen molar-refractivity contribution in [2.24, 2.45) is 0 Å². The van der Waals surface area contributed by atoms with E-state index < -0.39 is 11.7 Å². The molecule has 1 saturated heterocycles. The number of alkyl halides is 3. The summed E-state index contributed by atoms with van der Waals surface area (Å²) in [5.74, 6) is 0.205. The van der Waals surface area contributed by atoms with Crippen LogP contribution < -0.4 is 9.64 Å². The third kappa shape index (κ3) is 4.08. The van der Waals surface area contributed by atoms with E-state index in [1.807, 2.05) is 42.7 Å². The highest BCUT2D eigenvalue weighted by Gasteiger charge is 2.31. The SMILES string of the molecule is FC(F)(F)c1ccc(OC2CCN(c3cncc(-c4ccccc4)c3)C2)nc1. The first-order valence-corrected chi connectivity index (χ1v) is 8.94. The number of aromatic nitrogens is 2. The number of benzene rings is 1. The Morgan fingerprint density at radius 1 is 0.964 bits per heavy atom. The summed E-state index contributed by atoms with van der Waals surface area (Å²) >= 11 is 0. The van der Waals surface area contributed by atoms with Crippen molar-refractivity contribution in [1.29, 1.82) is 0 Å². The maximum Gasteiger partial charge on any atom is 0.417 e. The van der Waals surface area contributed by atoms with Crippen LogP contribution in [0.1, 0.15) is 12.0 Å². The van der Waals surface area contributed by atoms with E-state index in [0.717, 1.165) is 42.0 Å². The standard InChI is InChI=1S/C21H18F3N3O/c22-21(23,24)17-6-7-20(26-12-17)28-19-8-9-27(14-19)18-10-16(11-25-13-18)15-4-2-1-3-5-15/h1-7,10-13,19H,8-9,14H2. The second kappa shape index (κ2) is 7.50. The molecular weight excluding hydrogens is 367 g/mol. The van der Waals surface area contributed by atoms with Crippen molar-refractivity contribution in [3.8, 4) is 17.0 Å². The lowest BCUT2D eigenvalue weighted by atomic mass is 10.1. The van der Waals surface area contributed by atoms with Crippen LogP contribution in [-0.4, -0.2) is 29.2 Å². The van der Waals surface area contributed by atoms with Gasteiger partial charge in [-0.15, -0.1) is 0 Å². The zero-order chi connectivity index (χ0) is 19.6. The Labute approximate surface area is 160 Å². The molecular formula is C21H18F3N3O. The number of nitrogens with zero attached hydrogens (tertiary/aromatic N) is 3. The lowest BCUT2D eigenvalue weighted by Gasteiger charge is -2.19. The number of hydrogen-bond donors (Lipinski definition) is 0. The predicted molar refractivity (Wildman–Crippen MR) is 100 cm³/mol.